The fourth-order valence-corrected chi connectivity index (χ4v) is 4.05. The van der Waals surface area contributed by atoms with Crippen molar-refractivity contribution in [2.75, 3.05) is 32.0 Å². The van der Waals surface area contributed by atoms with Crippen molar-refractivity contribution in [2.24, 2.45) is 0 Å². The second-order valence-corrected chi connectivity index (χ2v) is 8.27. The summed E-state index contributed by atoms with van der Waals surface area (Å²) in [7, 11) is 2.04. The molecule has 1 aliphatic rings. The second kappa shape index (κ2) is 10.9. The molecule has 1 N–H and O–H groups in total. The number of para-hydroxylation sites is 1. The lowest BCUT2D eigenvalue weighted by Gasteiger charge is -2.36. The van der Waals surface area contributed by atoms with Crippen molar-refractivity contribution in [1.29, 1.82) is 0 Å². The molecule has 4 rings (SSSR count). The molecule has 1 saturated heterocycles. The van der Waals surface area contributed by atoms with Gasteiger partial charge in [-0.3, -0.25) is 19.6 Å². The number of carbonyl (C=O) groups is 1. The van der Waals surface area contributed by atoms with Gasteiger partial charge in [-0.05, 0) is 87.1 Å². The largest absolute Gasteiger partial charge is 0.457 e. The third kappa shape index (κ3) is 6.39. The number of benzene rings is 2. The Kier molecular flexibility index (Phi) is 7.48. The summed E-state index contributed by atoms with van der Waals surface area (Å²) in [4.78, 5) is 21.3. The monoisotopic (exact) mass is 430 g/mol. The normalized spacial score (nSPS) is 14.9. The van der Waals surface area contributed by atoms with E-state index in [9.17, 15) is 4.79 Å². The number of hydrogen-bond acceptors (Lipinski definition) is 5. The molecule has 1 fully saturated rings. The number of pyridine rings is 1. The molecule has 2 heterocycles. The summed E-state index contributed by atoms with van der Waals surface area (Å²) in [6, 6.07) is 21.7. The minimum Gasteiger partial charge on any atom is -0.457 e. The Labute approximate surface area is 189 Å². The van der Waals surface area contributed by atoms with Gasteiger partial charge in [0.25, 0.3) is 0 Å². The van der Waals surface area contributed by atoms with Gasteiger partial charge in [-0.1, -0.05) is 18.2 Å². The summed E-state index contributed by atoms with van der Waals surface area (Å²) >= 11 is 0. The number of likely N-dealkylation sites (tertiary alicyclic amines) is 1. The number of nitrogens with zero attached hydrogens (tertiary/aromatic N) is 3. The van der Waals surface area contributed by atoms with Crippen molar-refractivity contribution in [3.63, 3.8) is 0 Å². The van der Waals surface area contributed by atoms with E-state index >= 15 is 0 Å². The predicted molar refractivity (Wildman–Crippen MR) is 127 cm³/mol. The van der Waals surface area contributed by atoms with Crippen LogP contribution >= 0.6 is 0 Å². The number of hydrogen-bond donors (Lipinski definition) is 1. The maximum Gasteiger partial charge on any atom is 0.238 e. The molecule has 0 bridgehead atoms. The molecular weight excluding hydrogens is 400 g/mol. The summed E-state index contributed by atoms with van der Waals surface area (Å²) in [6.07, 6.45) is 5.83. The first kappa shape index (κ1) is 22.0. The Bertz CT molecular complexity index is 972. The average Bonchev–Trinajstić information content (AvgIpc) is 2.82. The summed E-state index contributed by atoms with van der Waals surface area (Å²) in [5, 5.41) is 2.99. The lowest BCUT2D eigenvalue weighted by atomic mass is 10.0. The Morgan fingerprint density at radius 3 is 2.34 bits per heavy atom. The minimum atomic E-state index is 0.00319. The van der Waals surface area contributed by atoms with E-state index in [-0.39, 0.29) is 5.91 Å². The molecule has 6 heteroatoms. The molecule has 0 spiro atoms. The van der Waals surface area contributed by atoms with E-state index in [1.54, 1.807) is 0 Å². The van der Waals surface area contributed by atoms with Gasteiger partial charge in [0.2, 0.25) is 5.91 Å². The molecule has 6 nitrogen and oxygen atoms in total. The van der Waals surface area contributed by atoms with Crippen LogP contribution in [0.2, 0.25) is 0 Å². The van der Waals surface area contributed by atoms with Crippen LogP contribution in [0.5, 0.6) is 11.5 Å². The zero-order valence-electron chi connectivity index (χ0n) is 18.5. The van der Waals surface area contributed by atoms with Crippen molar-refractivity contribution in [1.82, 2.24) is 14.8 Å². The third-order valence-electron chi connectivity index (χ3n) is 5.85. The molecule has 0 aliphatic carbocycles. The van der Waals surface area contributed by atoms with Gasteiger partial charge in [0, 0.05) is 30.7 Å². The van der Waals surface area contributed by atoms with Crippen LogP contribution in [-0.4, -0.2) is 53.4 Å². The quantitative estimate of drug-likeness (QED) is 0.574. The van der Waals surface area contributed by atoms with E-state index < -0.39 is 0 Å². The fraction of sp³-hybridized carbons (Fsp3) is 0.308. The number of piperidine rings is 1. The maximum absolute atomic E-state index is 12.5. The molecule has 0 saturated carbocycles. The van der Waals surface area contributed by atoms with Gasteiger partial charge in [-0.15, -0.1) is 0 Å². The van der Waals surface area contributed by atoms with Crippen LogP contribution in [0.25, 0.3) is 0 Å². The van der Waals surface area contributed by atoms with Gasteiger partial charge >= 0.3 is 0 Å². The van der Waals surface area contributed by atoms with Crippen LogP contribution in [0, 0.1) is 0 Å². The molecule has 1 aromatic heterocycles. The molecule has 0 unspecified atom stereocenters. The highest BCUT2D eigenvalue weighted by atomic mass is 16.5. The van der Waals surface area contributed by atoms with E-state index in [1.807, 2.05) is 74.0 Å². The minimum absolute atomic E-state index is 0.00319. The number of amides is 1. The fourth-order valence-electron chi connectivity index (χ4n) is 4.05. The highest BCUT2D eigenvalue weighted by molar-refractivity contribution is 5.92. The number of ether oxygens (including phenoxy) is 1. The molecule has 166 valence electrons. The number of rotatable bonds is 8. The number of likely N-dealkylation sites (N-methyl/N-ethyl adjacent to an activating group) is 1. The summed E-state index contributed by atoms with van der Waals surface area (Å²) in [5.74, 6) is 1.53. The zero-order chi connectivity index (χ0) is 22.2. The molecule has 1 aliphatic heterocycles. The standard InChI is InChI=1S/C26H30N4O2/c1-29(23-13-17-30(18-14-23)19-21-11-15-27-16-12-21)20-26(31)28-22-7-9-25(10-8-22)32-24-5-3-2-4-6-24/h2-12,15-16,23H,13-14,17-20H2,1H3,(H,28,31). The van der Waals surface area contributed by atoms with Gasteiger partial charge in [0.05, 0.1) is 6.54 Å². The molecule has 0 atom stereocenters. The van der Waals surface area contributed by atoms with E-state index in [1.165, 1.54) is 5.56 Å². The lowest BCUT2D eigenvalue weighted by Crippen LogP contribution is -2.45. The van der Waals surface area contributed by atoms with Crippen LogP contribution in [0.3, 0.4) is 0 Å². The molecule has 1 amide bonds. The summed E-state index contributed by atoms with van der Waals surface area (Å²) < 4.78 is 5.80. The Morgan fingerprint density at radius 2 is 1.66 bits per heavy atom. The summed E-state index contributed by atoms with van der Waals surface area (Å²) in [6.45, 7) is 3.43. The van der Waals surface area contributed by atoms with E-state index in [4.69, 9.17) is 4.74 Å². The number of anilines is 1. The van der Waals surface area contributed by atoms with Gasteiger partial charge in [0.1, 0.15) is 11.5 Å². The highest BCUT2D eigenvalue weighted by Gasteiger charge is 2.23. The van der Waals surface area contributed by atoms with Crippen molar-refractivity contribution in [3.8, 4) is 11.5 Å². The van der Waals surface area contributed by atoms with E-state index in [0.29, 0.717) is 12.6 Å². The smallest absolute Gasteiger partial charge is 0.238 e. The maximum atomic E-state index is 12.5. The molecule has 32 heavy (non-hydrogen) atoms. The average molecular weight is 431 g/mol. The van der Waals surface area contributed by atoms with Crippen molar-refractivity contribution < 1.29 is 9.53 Å². The van der Waals surface area contributed by atoms with Crippen LogP contribution < -0.4 is 10.1 Å². The molecule has 0 radical (unpaired) electrons. The van der Waals surface area contributed by atoms with Gasteiger partial charge in [-0.25, -0.2) is 0 Å². The van der Waals surface area contributed by atoms with E-state index in [2.05, 4.69) is 32.2 Å². The van der Waals surface area contributed by atoms with Crippen molar-refractivity contribution in [2.45, 2.75) is 25.4 Å². The number of carbonyl (C=O) groups excluding carboxylic acids is 1. The van der Waals surface area contributed by atoms with Crippen LogP contribution in [-0.2, 0) is 11.3 Å². The Morgan fingerprint density at radius 1 is 1.00 bits per heavy atom. The Hall–Kier alpha value is -3.22. The molecule has 2 aromatic carbocycles. The Balaban J connectivity index is 1.20. The third-order valence-corrected chi connectivity index (χ3v) is 5.85. The molecule has 3 aromatic rings. The number of aromatic nitrogens is 1. The van der Waals surface area contributed by atoms with Crippen LogP contribution in [0.1, 0.15) is 18.4 Å². The van der Waals surface area contributed by atoms with Gasteiger partial charge < -0.3 is 10.1 Å². The molecular formula is C26H30N4O2. The van der Waals surface area contributed by atoms with Crippen LogP contribution in [0.4, 0.5) is 5.69 Å². The first-order chi connectivity index (χ1) is 15.7. The van der Waals surface area contributed by atoms with Crippen molar-refractivity contribution in [3.05, 3.63) is 84.7 Å². The highest BCUT2D eigenvalue weighted by Crippen LogP contribution is 2.23. The number of nitrogens with one attached hydrogen (secondary N) is 1. The predicted octanol–water partition coefficient (Wildman–Crippen LogP) is 4.41. The lowest BCUT2D eigenvalue weighted by molar-refractivity contribution is -0.117. The van der Waals surface area contributed by atoms with Crippen LogP contribution in [0.15, 0.2) is 79.1 Å². The van der Waals surface area contributed by atoms with Crippen molar-refractivity contribution >= 4 is 11.6 Å². The zero-order valence-corrected chi connectivity index (χ0v) is 18.5. The van der Waals surface area contributed by atoms with E-state index in [0.717, 1.165) is 49.7 Å². The van der Waals surface area contributed by atoms with Gasteiger partial charge in [0.15, 0.2) is 0 Å². The first-order valence-corrected chi connectivity index (χ1v) is 11.1. The SMILES string of the molecule is CN(CC(=O)Nc1ccc(Oc2ccccc2)cc1)C1CCN(Cc2ccncc2)CC1. The first-order valence-electron chi connectivity index (χ1n) is 11.1. The summed E-state index contributed by atoms with van der Waals surface area (Å²) in [5.41, 5.74) is 2.07. The topological polar surface area (TPSA) is 57.7 Å². The second-order valence-electron chi connectivity index (χ2n) is 8.27. The van der Waals surface area contributed by atoms with Gasteiger partial charge in [-0.2, -0.15) is 0 Å².